The molecule has 4 heterocycles. The van der Waals surface area contributed by atoms with Crippen LogP contribution in [0.15, 0.2) is 42.7 Å². The lowest BCUT2D eigenvalue weighted by molar-refractivity contribution is -0.137. The van der Waals surface area contributed by atoms with Crippen LogP contribution in [0, 0.1) is 25.7 Å². The number of amides is 1. The molecule has 0 bridgehead atoms. The summed E-state index contributed by atoms with van der Waals surface area (Å²) in [4.78, 5) is 32.7. The van der Waals surface area contributed by atoms with Crippen molar-refractivity contribution in [2.24, 2.45) is 11.8 Å². The van der Waals surface area contributed by atoms with E-state index in [-0.39, 0.29) is 35.8 Å². The van der Waals surface area contributed by atoms with E-state index in [1.165, 1.54) is 6.92 Å². The first-order valence-corrected chi connectivity index (χ1v) is 11.4. The van der Waals surface area contributed by atoms with Crippen molar-refractivity contribution in [3.05, 3.63) is 65.4 Å². The highest BCUT2D eigenvalue weighted by atomic mass is 19.4. The van der Waals surface area contributed by atoms with Gasteiger partial charge >= 0.3 is 6.18 Å². The van der Waals surface area contributed by atoms with E-state index in [2.05, 4.69) is 19.9 Å². The summed E-state index contributed by atoms with van der Waals surface area (Å²) in [6.07, 6.45) is 0.459. The fourth-order valence-corrected chi connectivity index (χ4v) is 4.64. The number of likely N-dealkylation sites (tertiary alicyclic amines) is 1. The first-order chi connectivity index (χ1) is 16.7. The molecule has 3 aromatic rings. The van der Waals surface area contributed by atoms with Gasteiger partial charge in [-0.1, -0.05) is 0 Å². The molecule has 0 N–H and O–H groups in total. The van der Waals surface area contributed by atoms with Crippen molar-refractivity contribution in [2.75, 3.05) is 13.2 Å². The van der Waals surface area contributed by atoms with Crippen LogP contribution in [-0.2, 0) is 6.18 Å². The highest BCUT2D eigenvalue weighted by Gasteiger charge is 2.48. The topological polar surface area (TPSA) is 81.1 Å². The standard InChI is InChI=1S/C25H24F3N5O2/c1-14-4-5-20(23-29-6-3-7-30-23)22(32-14)24(34)33-12-17-9-16(17)10-19(33)13-35-21-11-18(25(26,27)28)8-15(2)31-21/h3-8,11,16-17,19H,9-10,12-13H2,1-2H3/t16-,17+,19+/m1/s1. The molecule has 1 saturated heterocycles. The van der Waals surface area contributed by atoms with Gasteiger partial charge in [0.2, 0.25) is 5.88 Å². The number of nitrogens with zero attached hydrogens (tertiary/aromatic N) is 5. The molecule has 3 atom stereocenters. The average Bonchev–Trinajstić information content (AvgIpc) is 3.60. The van der Waals surface area contributed by atoms with Crippen LogP contribution in [0.25, 0.3) is 11.4 Å². The van der Waals surface area contributed by atoms with Crippen LogP contribution in [0.4, 0.5) is 13.2 Å². The summed E-state index contributed by atoms with van der Waals surface area (Å²) in [6, 6.07) is 6.85. The Hall–Kier alpha value is -3.56. The fourth-order valence-electron chi connectivity index (χ4n) is 4.64. The maximum atomic E-state index is 13.8. The molecule has 1 aliphatic heterocycles. The predicted octanol–water partition coefficient (Wildman–Crippen LogP) is 4.50. The summed E-state index contributed by atoms with van der Waals surface area (Å²) < 4.78 is 45.4. The quantitative estimate of drug-likeness (QED) is 0.532. The zero-order valence-corrected chi connectivity index (χ0v) is 19.3. The zero-order valence-electron chi connectivity index (χ0n) is 19.3. The summed E-state index contributed by atoms with van der Waals surface area (Å²) in [7, 11) is 0. The lowest BCUT2D eigenvalue weighted by Gasteiger charge is -2.35. The number of ether oxygens (including phenoxy) is 1. The number of rotatable bonds is 5. The summed E-state index contributed by atoms with van der Waals surface area (Å²) in [5.74, 6) is 0.954. The van der Waals surface area contributed by atoms with Crippen LogP contribution >= 0.6 is 0 Å². The minimum absolute atomic E-state index is 0.0473. The van der Waals surface area contributed by atoms with E-state index in [0.717, 1.165) is 25.0 Å². The Morgan fingerprint density at radius 2 is 1.83 bits per heavy atom. The number of halogens is 3. The molecule has 182 valence electrons. The van der Waals surface area contributed by atoms with Crippen LogP contribution in [-0.4, -0.2) is 49.9 Å². The molecular formula is C25H24F3N5O2. The number of aromatic nitrogens is 4. The Balaban J connectivity index is 1.41. The smallest absolute Gasteiger partial charge is 0.416 e. The fraction of sp³-hybridized carbons (Fsp3) is 0.400. The first kappa shape index (κ1) is 23.2. The van der Waals surface area contributed by atoms with Crippen molar-refractivity contribution < 1.29 is 22.7 Å². The predicted molar refractivity (Wildman–Crippen MR) is 121 cm³/mol. The Morgan fingerprint density at radius 3 is 2.57 bits per heavy atom. The van der Waals surface area contributed by atoms with Gasteiger partial charge in [-0.15, -0.1) is 0 Å². The van der Waals surface area contributed by atoms with Gasteiger partial charge in [0.05, 0.1) is 17.2 Å². The van der Waals surface area contributed by atoms with Crippen LogP contribution in [0.5, 0.6) is 5.88 Å². The van der Waals surface area contributed by atoms with E-state index in [1.807, 2.05) is 6.92 Å². The lowest BCUT2D eigenvalue weighted by Crippen LogP contribution is -2.48. The molecule has 2 fully saturated rings. The van der Waals surface area contributed by atoms with Gasteiger partial charge in [0.1, 0.15) is 12.3 Å². The third-order valence-corrected chi connectivity index (χ3v) is 6.50. The number of hydrogen-bond acceptors (Lipinski definition) is 6. The number of alkyl halides is 3. The van der Waals surface area contributed by atoms with Gasteiger partial charge in [-0.3, -0.25) is 4.79 Å². The molecule has 35 heavy (non-hydrogen) atoms. The molecule has 7 nitrogen and oxygen atoms in total. The van der Waals surface area contributed by atoms with E-state index in [9.17, 15) is 18.0 Å². The van der Waals surface area contributed by atoms with Crippen molar-refractivity contribution in [2.45, 2.75) is 38.9 Å². The number of fused-ring (bicyclic) bond motifs is 1. The normalized spacial score (nSPS) is 21.4. The van der Waals surface area contributed by atoms with Crippen molar-refractivity contribution in [3.8, 4) is 17.3 Å². The maximum absolute atomic E-state index is 13.8. The number of hydrogen-bond donors (Lipinski definition) is 0. The van der Waals surface area contributed by atoms with Crippen molar-refractivity contribution in [3.63, 3.8) is 0 Å². The van der Waals surface area contributed by atoms with Gasteiger partial charge in [0, 0.05) is 36.4 Å². The van der Waals surface area contributed by atoms with Crippen molar-refractivity contribution in [1.29, 1.82) is 0 Å². The van der Waals surface area contributed by atoms with E-state index < -0.39 is 11.7 Å². The average molecular weight is 483 g/mol. The van der Waals surface area contributed by atoms with E-state index in [0.29, 0.717) is 35.5 Å². The highest BCUT2D eigenvalue weighted by molar-refractivity contribution is 5.98. The number of carbonyl (C=O) groups is 1. The monoisotopic (exact) mass is 483 g/mol. The minimum Gasteiger partial charge on any atom is -0.475 e. The van der Waals surface area contributed by atoms with Crippen molar-refractivity contribution in [1.82, 2.24) is 24.8 Å². The van der Waals surface area contributed by atoms with Gasteiger partial charge in [-0.05, 0) is 62.8 Å². The Bertz CT molecular complexity index is 1250. The minimum atomic E-state index is -4.49. The molecule has 0 aromatic carbocycles. The summed E-state index contributed by atoms with van der Waals surface area (Å²) in [5.41, 5.74) is 0.883. The summed E-state index contributed by atoms with van der Waals surface area (Å²) in [6.45, 7) is 3.90. The third kappa shape index (κ3) is 4.96. The molecule has 3 aromatic heterocycles. The summed E-state index contributed by atoms with van der Waals surface area (Å²) >= 11 is 0. The molecule has 1 amide bonds. The molecule has 1 aliphatic carbocycles. The van der Waals surface area contributed by atoms with Crippen LogP contribution in [0.2, 0.25) is 0 Å². The van der Waals surface area contributed by atoms with Crippen molar-refractivity contribution >= 4 is 5.91 Å². The Kier molecular flexibility index (Phi) is 5.90. The second kappa shape index (κ2) is 8.90. The van der Waals surface area contributed by atoms with Crippen LogP contribution in [0.1, 0.15) is 40.3 Å². The Morgan fingerprint density at radius 1 is 1.06 bits per heavy atom. The largest absolute Gasteiger partial charge is 0.475 e. The third-order valence-electron chi connectivity index (χ3n) is 6.50. The number of aryl methyl sites for hydroxylation is 2. The second-order valence-electron chi connectivity index (χ2n) is 9.17. The molecule has 0 radical (unpaired) electrons. The zero-order chi connectivity index (χ0) is 24.7. The van der Waals surface area contributed by atoms with Gasteiger partial charge in [0.15, 0.2) is 5.82 Å². The summed E-state index contributed by atoms with van der Waals surface area (Å²) in [5, 5.41) is 0. The van der Waals surface area contributed by atoms with Gasteiger partial charge in [-0.25, -0.2) is 19.9 Å². The number of carbonyl (C=O) groups excluding carboxylic acids is 1. The first-order valence-electron chi connectivity index (χ1n) is 11.4. The lowest BCUT2D eigenvalue weighted by atomic mass is 10.0. The van der Waals surface area contributed by atoms with Crippen LogP contribution in [0.3, 0.4) is 0 Å². The van der Waals surface area contributed by atoms with Gasteiger partial charge < -0.3 is 9.64 Å². The molecule has 0 spiro atoms. The molecule has 2 aliphatic rings. The SMILES string of the molecule is Cc1cc(C(F)(F)F)cc(OC[C@@H]2C[C@H]3C[C@H]3CN2C(=O)c2nc(C)ccc2-c2ncccn2)n1. The molecule has 0 unspecified atom stereocenters. The van der Waals surface area contributed by atoms with Gasteiger partial charge in [0.25, 0.3) is 5.91 Å². The molecular weight excluding hydrogens is 459 g/mol. The Labute approximate surface area is 200 Å². The van der Waals surface area contributed by atoms with E-state index in [4.69, 9.17) is 4.74 Å². The van der Waals surface area contributed by atoms with Gasteiger partial charge in [-0.2, -0.15) is 13.2 Å². The second-order valence-corrected chi connectivity index (χ2v) is 9.17. The van der Waals surface area contributed by atoms with E-state index in [1.54, 1.807) is 35.5 Å². The highest BCUT2D eigenvalue weighted by Crippen LogP contribution is 2.47. The molecule has 5 rings (SSSR count). The maximum Gasteiger partial charge on any atom is 0.416 e. The molecule has 10 heteroatoms. The van der Waals surface area contributed by atoms with E-state index >= 15 is 0 Å². The number of piperidine rings is 1. The molecule has 1 saturated carbocycles. The number of pyridine rings is 2. The van der Waals surface area contributed by atoms with Crippen LogP contribution < -0.4 is 4.74 Å².